The van der Waals surface area contributed by atoms with Gasteiger partial charge in [0.15, 0.2) is 0 Å². The lowest BCUT2D eigenvalue weighted by atomic mass is 10.2. The molecule has 0 spiro atoms. The van der Waals surface area contributed by atoms with Crippen LogP contribution >= 0.6 is 0 Å². The first-order valence-corrected chi connectivity index (χ1v) is 6.40. The molecule has 4 heteroatoms. The number of hydrogen-bond donors (Lipinski definition) is 0. The highest BCUT2D eigenvalue weighted by atomic mass is 16.5. The van der Waals surface area contributed by atoms with E-state index in [0.29, 0.717) is 22.9 Å². The molecule has 102 valence electrons. The van der Waals surface area contributed by atoms with E-state index < -0.39 is 0 Å². The molecule has 0 unspecified atom stereocenters. The fourth-order valence-electron chi connectivity index (χ4n) is 1.89. The van der Waals surface area contributed by atoms with Crippen molar-refractivity contribution >= 4 is 0 Å². The summed E-state index contributed by atoms with van der Waals surface area (Å²) in [6.45, 7) is 3.90. The van der Waals surface area contributed by atoms with Crippen molar-refractivity contribution in [3.05, 3.63) is 47.2 Å². The fraction of sp³-hybridized carbons (Fsp3) is 0.250. The number of rotatable bonds is 4. The summed E-state index contributed by atoms with van der Waals surface area (Å²) < 4.78 is 11.1. The van der Waals surface area contributed by atoms with Crippen LogP contribution in [0, 0.1) is 18.3 Å². The molecule has 4 nitrogen and oxygen atoms in total. The van der Waals surface area contributed by atoms with E-state index in [0.717, 1.165) is 17.7 Å². The first-order chi connectivity index (χ1) is 9.67. The van der Waals surface area contributed by atoms with E-state index in [9.17, 15) is 0 Å². The Hall–Kier alpha value is -2.54. The van der Waals surface area contributed by atoms with Gasteiger partial charge in [-0.25, -0.2) is 4.98 Å². The zero-order valence-electron chi connectivity index (χ0n) is 11.8. The number of aromatic nitrogens is 1. The van der Waals surface area contributed by atoms with Gasteiger partial charge in [-0.3, -0.25) is 0 Å². The Morgan fingerprint density at radius 3 is 2.75 bits per heavy atom. The van der Waals surface area contributed by atoms with Gasteiger partial charge < -0.3 is 9.47 Å². The Labute approximate surface area is 118 Å². The first-order valence-electron chi connectivity index (χ1n) is 6.40. The normalized spacial score (nSPS) is 9.90. The molecule has 0 saturated carbocycles. The minimum absolute atomic E-state index is 0.567. The number of ether oxygens (including phenoxy) is 2. The van der Waals surface area contributed by atoms with Gasteiger partial charge in [-0.15, -0.1) is 0 Å². The van der Waals surface area contributed by atoms with Crippen molar-refractivity contribution in [1.82, 2.24) is 4.98 Å². The summed E-state index contributed by atoms with van der Waals surface area (Å²) in [5.74, 6) is 1.93. The number of pyridine rings is 1. The predicted octanol–water partition coefficient (Wildman–Crippen LogP) is 3.63. The number of aryl methyl sites for hydroxylation is 2. The molecule has 0 aliphatic rings. The lowest BCUT2D eigenvalue weighted by molar-refractivity contribution is 0.388. The van der Waals surface area contributed by atoms with Crippen LogP contribution in [-0.4, -0.2) is 12.1 Å². The van der Waals surface area contributed by atoms with Gasteiger partial charge in [0.05, 0.1) is 24.4 Å². The third-order valence-corrected chi connectivity index (χ3v) is 2.97. The van der Waals surface area contributed by atoms with Crippen LogP contribution in [0.2, 0.25) is 0 Å². The average molecular weight is 268 g/mol. The lowest BCUT2D eigenvalue weighted by Crippen LogP contribution is -1.99. The van der Waals surface area contributed by atoms with E-state index in [4.69, 9.17) is 14.7 Å². The average Bonchev–Trinajstić information content (AvgIpc) is 2.49. The predicted molar refractivity (Wildman–Crippen MR) is 76.1 cm³/mol. The summed E-state index contributed by atoms with van der Waals surface area (Å²) in [5.41, 5.74) is 2.31. The monoisotopic (exact) mass is 268 g/mol. The Morgan fingerprint density at radius 1 is 1.30 bits per heavy atom. The van der Waals surface area contributed by atoms with Gasteiger partial charge in [0.2, 0.25) is 5.88 Å². The summed E-state index contributed by atoms with van der Waals surface area (Å²) in [7, 11) is 1.61. The number of methoxy groups -OCH3 is 1. The van der Waals surface area contributed by atoms with Gasteiger partial charge in [0, 0.05) is 5.56 Å². The summed E-state index contributed by atoms with van der Waals surface area (Å²) in [4.78, 5) is 4.39. The second-order valence-corrected chi connectivity index (χ2v) is 4.34. The van der Waals surface area contributed by atoms with Crippen molar-refractivity contribution in [1.29, 1.82) is 5.26 Å². The Bertz CT molecular complexity index is 660. The molecule has 0 aliphatic carbocycles. The molecule has 2 rings (SSSR count). The van der Waals surface area contributed by atoms with E-state index in [1.54, 1.807) is 25.3 Å². The van der Waals surface area contributed by atoms with Crippen molar-refractivity contribution in [3.63, 3.8) is 0 Å². The number of hydrogen-bond acceptors (Lipinski definition) is 4. The largest absolute Gasteiger partial charge is 0.481 e. The maximum absolute atomic E-state index is 8.90. The zero-order chi connectivity index (χ0) is 14.5. The van der Waals surface area contributed by atoms with E-state index in [1.807, 2.05) is 26.0 Å². The van der Waals surface area contributed by atoms with Gasteiger partial charge in [-0.1, -0.05) is 13.0 Å². The summed E-state index contributed by atoms with van der Waals surface area (Å²) in [6.07, 6.45) is 0.811. The SMILES string of the molecule is CCc1cc(Oc2cccc(C#N)c2)c(C)nc1OC. The highest BCUT2D eigenvalue weighted by Crippen LogP contribution is 2.29. The maximum Gasteiger partial charge on any atom is 0.216 e. The molecule has 2 aromatic rings. The molecular weight excluding hydrogens is 252 g/mol. The zero-order valence-corrected chi connectivity index (χ0v) is 11.8. The van der Waals surface area contributed by atoms with Gasteiger partial charge in [0.1, 0.15) is 11.5 Å². The molecule has 0 fully saturated rings. The molecule has 1 heterocycles. The van der Waals surface area contributed by atoms with Gasteiger partial charge in [0.25, 0.3) is 0 Å². The van der Waals surface area contributed by atoms with Crippen LogP contribution in [0.25, 0.3) is 0 Å². The molecule has 20 heavy (non-hydrogen) atoms. The minimum atomic E-state index is 0.567. The topological polar surface area (TPSA) is 55.1 Å². The number of nitrogens with zero attached hydrogens (tertiary/aromatic N) is 2. The van der Waals surface area contributed by atoms with Crippen molar-refractivity contribution in [3.8, 4) is 23.4 Å². The van der Waals surface area contributed by atoms with Crippen molar-refractivity contribution < 1.29 is 9.47 Å². The third-order valence-electron chi connectivity index (χ3n) is 2.97. The van der Waals surface area contributed by atoms with Crippen LogP contribution in [0.5, 0.6) is 17.4 Å². The molecule has 1 aromatic heterocycles. The molecule has 0 N–H and O–H groups in total. The summed E-state index contributed by atoms with van der Waals surface area (Å²) in [5, 5.41) is 8.90. The molecular formula is C16H16N2O2. The van der Waals surface area contributed by atoms with Crippen molar-refractivity contribution in [2.24, 2.45) is 0 Å². The van der Waals surface area contributed by atoms with Gasteiger partial charge in [-0.05, 0) is 37.6 Å². The van der Waals surface area contributed by atoms with Gasteiger partial charge in [-0.2, -0.15) is 5.26 Å². The molecule has 0 amide bonds. The molecule has 0 bridgehead atoms. The lowest BCUT2D eigenvalue weighted by Gasteiger charge is -2.12. The smallest absolute Gasteiger partial charge is 0.216 e. The third kappa shape index (κ3) is 2.89. The van der Waals surface area contributed by atoms with Crippen LogP contribution in [0.4, 0.5) is 0 Å². The molecule has 0 saturated heterocycles. The Balaban J connectivity index is 2.35. The van der Waals surface area contributed by atoms with Crippen molar-refractivity contribution in [2.75, 3.05) is 7.11 Å². The summed E-state index contributed by atoms with van der Waals surface area (Å²) in [6, 6.07) is 11.1. The van der Waals surface area contributed by atoms with Crippen LogP contribution in [-0.2, 0) is 6.42 Å². The Kier molecular flexibility index (Phi) is 4.21. The van der Waals surface area contributed by atoms with Crippen LogP contribution in [0.15, 0.2) is 30.3 Å². The van der Waals surface area contributed by atoms with Gasteiger partial charge >= 0.3 is 0 Å². The maximum atomic E-state index is 8.90. The second kappa shape index (κ2) is 6.07. The molecule has 0 atom stereocenters. The highest BCUT2D eigenvalue weighted by Gasteiger charge is 2.10. The minimum Gasteiger partial charge on any atom is -0.481 e. The standard InChI is InChI=1S/C16H16N2O2/c1-4-13-9-15(11(2)18-16(13)19-3)20-14-7-5-6-12(8-14)10-17/h5-9H,4H2,1-3H3. The quantitative estimate of drug-likeness (QED) is 0.849. The van der Waals surface area contributed by atoms with Crippen LogP contribution in [0.3, 0.4) is 0 Å². The van der Waals surface area contributed by atoms with E-state index in [2.05, 4.69) is 11.1 Å². The van der Waals surface area contributed by atoms with Crippen molar-refractivity contribution in [2.45, 2.75) is 20.3 Å². The van der Waals surface area contributed by atoms with E-state index in [1.165, 1.54) is 0 Å². The number of nitriles is 1. The molecule has 1 aromatic carbocycles. The highest BCUT2D eigenvalue weighted by molar-refractivity contribution is 5.43. The molecule has 0 radical (unpaired) electrons. The van der Waals surface area contributed by atoms with E-state index in [-0.39, 0.29) is 0 Å². The van der Waals surface area contributed by atoms with E-state index >= 15 is 0 Å². The number of benzene rings is 1. The van der Waals surface area contributed by atoms with Crippen LogP contribution < -0.4 is 9.47 Å². The first kappa shape index (κ1) is 13.9. The summed E-state index contributed by atoms with van der Waals surface area (Å²) >= 11 is 0. The molecule has 0 aliphatic heterocycles. The van der Waals surface area contributed by atoms with Crippen LogP contribution in [0.1, 0.15) is 23.7 Å². The fourth-order valence-corrected chi connectivity index (χ4v) is 1.89. The second-order valence-electron chi connectivity index (χ2n) is 4.34. The Morgan fingerprint density at radius 2 is 2.10 bits per heavy atom.